The first kappa shape index (κ1) is 23.8. The molecule has 0 atom stereocenters. The van der Waals surface area contributed by atoms with Gasteiger partial charge in [0.2, 0.25) is 10.0 Å². The zero-order valence-corrected chi connectivity index (χ0v) is 18.0. The zero-order valence-electron chi connectivity index (χ0n) is 17.2. The van der Waals surface area contributed by atoms with E-state index in [1.165, 1.54) is 10.5 Å². The van der Waals surface area contributed by atoms with Crippen LogP contribution in [0.25, 0.3) is 0 Å². The molecule has 0 N–H and O–H groups in total. The second-order valence-electron chi connectivity index (χ2n) is 6.89. The van der Waals surface area contributed by atoms with Crippen LogP contribution in [0.2, 0.25) is 0 Å². The van der Waals surface area contributed by atoms with E-state index in [1.807, 2.05) is 4.90 Å². The molecule has 32 heavy (non-hydrogen) atoms. The maximum Gasteiger partial charge on any atom is 0.573 e. The number of nitrogens with zero attached hydrogens (tertiary/aromatic N) is 3. The Balaban J connectivity index is 1.67. The van der Waals surface area contributed by atoms with Crippen LogP contribution < -0.4 is 9.64 Å². The molecular formula is C20H22F3N3O5S. The van der Waals surface area contributed by atoms with Crippen LogP contribution in [-0.2, 0) is 14.8 Å². The van der Waals surface area contributed by atoms with Crippen LogP contribution >= 0.6 is 0 Å². The first-order chi connectivity index (χ1) is 15.1. The van der Waals surface area contributed by atoms with Gasteiger partial charge in [-0.2, -0.15) is 4.31 Å². The van der Waals surface area contributed by atoms with Gasteiger partial charge in [0.25, 0.3) is 0 Å². The summed E-state index contributed by atoms with van der Waals surface area (Å²) in [5.74, 6) is -0.354. The zero-order chi connectivity index (χ0) is 23.4. The Kier molecular flexibility index (Phi) is 7.24. The van der Waals surface area contributed by atoms with Crippen LogP contribution in [0.3, 0.4) is 0 Å². The number of halogens is 3. The van der Waals surface area contributed by atoms with Crippen LogP contribution in [0, 0.1) is 0 Å². The molecule has 0 radical (unpaired) electrons. The van der Waals surface area contributed by atoms with Gasteiger partial charge in [-0.1, -0.05) is 0 Å². The Bertz CT molecular complexity index is 1030. The fraction of sp³-hybridized carbons (Fsp3) is 0.400. The van der Waals surface area contributed by atoms with Crippen molar-refractivity contribution in [2.75, 3.05) is 37.7 Å². The average molecular weight is 473 g/mol. The highest BCUT2D eigenvalue weighted by Gasteiger charge is 2.32. The number of alkyl halides is 3. The minimum atomic E-state index is -4.85. The number of ether oxygens (including phenoxy) is 2. The minimum Gasteiger partial charge on any atom is -0.462 e. The number of hydrogen-bond acceptors (Lipinski definition) is 7. The topological polar surface area (TPSA) is 89.0 Å². The summed E-state index contributed by atoms with van der Waals surface area (Å²) in [5, 5.41) is 0. The molecule has 1 aromatic heterocycles. The molecule has 0 saturated carbocycles. The Morgan fingerprint density at radius 2 is 1.78 bits per heavy atom. The van der Waals surface area contributed by atoms with E-state index >= 15 is 0 Å². The summed E-state index contributed by atoms with van der Waals surface area (Å²) in [4.78, 5) is 17.8. The molecule has 0 bridgehead atoms. The fourth-order valence-corrected chi connectivity index (χ4v) is 4.70. The lowest BCUT2D eigenvalue weighted by molar-refractivity contribution is -0.274. The molecule has 1 saturated heterocycles. The van der Waals surface area contributed by atoms with Crippen molar-refractivity contribution in [1.29, 1.82) is 0 Å². The maximum atomic E-state index is 12.9. The van der Waals surface area contributed by atoms with Crippen molar-refractivity contribution in [3.8, 4) is 5.75 Å². The average Bonchev–Trinajstić information content (AvgIpc) is 3.00. The quantitative estimate of drug-likeness (QED) is 0.596. The Morgan fingerprint density at radius 1 is 1.06 bits per heavy atom. The molecule has 12 heteroatoms. The molecule has 8 nitrogen and oxygen atoms in total. The van der Waals surface area contributed by atoms with E-state index < -0.39 is 28.1 Å². The van der Waals surface area contributed by atoms with Gasteiger partial charge in [-0.15, -0.1) is 13.2 Å². The highest BCUT2D eigenvalue weighted by Crippen LogP contribution is 2.26. The Labute approximate surface area is 183 Å². The predicted octanol–water partition coefficient (Wildman–Crippen LogP) is 3.06. The standard InChI is InChI=1S/C20H22F3N3O5S/c1-2-30-19(27)15-4-9-18(24-14-15)25-10-3-11-26(13-12-25)32(28,29)17-7-5-16(6-8-17)31-20(21,22)23/h4-9,14H,2-3,10-13H2,1H3. The highest BCUT2D eigenvalue weighted by atomic mass is 32.2. The predicted molar refractivity (Wildman–Crippen MR) is 109 cm³/mol. The summed E-state index contributed by atoms with van der Waals surface area (Å²) in [6, 6.07) is 7.41. The Hall–Kier alpha value is -2.86. The van der Waals surface area contributed by atoms with Gasteiger partial charge >= 0.3 is 12.3 Å². The first-order valence-electron chi connectivity index (χ1n) is 9.84. The lowest BCUT2D eigenvalue weighted by Gasteiger charge is -2.23. The first-order valence-corrected chi connectivity index (χ1v) is 11.3. The molecule has 1 aliphatic heterocycles. The molecule has 1 aromatic carbocycles. The van der Waals surface area contributed by atoms with Crippen LogP contribution in [0.15, 0.2) is 47.5 Å². The molecule has 1 fully saturated rings. The van der Waals surface area contributed by atoms with Gasteiger partial charge in [0, 0.05) is 32.4 Å². The second-order valence-corrected chi connectivity index (χ2v) is 8.83. The minimum absolute atomic E-state index is 0.114. The van der Waals surface area contributed by atoms with Crippen molar-refractivity contribution in [1.82, 2.24) is 9.29 Å². The van der Waals surface area contributed by atoms with E-state index in [4.69, 9.17) is 4.74 Å². The number of rotatable bonds is 6. The van der Waals surface area contributed by atoms with Crippen molar-refractivity contribution in [3.05, 3.63) is 48.2 Å². The maximum absolute atomic E-state index is 12.9. The number of pyridine rings is 1. The molecule has 1 aliphatic rings. The SMILES string of the molecule is CCOC(=O)c1ccc(N2CCCN(S(=O)(=O)c3ccc(OC(F)(F)F)cc3)CC2)nc1. The van der Waals surface area contributed by atoms with Crippen LogP contribution in [0.1, 0.15) is 23.7 Å². The van der Waals surface area contributed by atoms with Gasteiger partial charge in [0.05, 0.1) is 17.1 Å². The van der Waals surface area contributed by atoms with E-state index in [0.717, 1.165) is 24.3 Å². The monoisotopic (exact) mass is 473 g/mol. The molecular weight excluding hydrogens is 451 g/mol. The number of anilines is 1. The normalized spacial score (nSPS) is 15.8. The molecule has 2 heterocycles. The van der Waals surface area contributed by atoms with E-state index in [2.05, 4.69) is 9.72 Å². The van der Waals surface area contributed by atoms with E-state index in [-0.39, 0.29) is 24.6 Å². The summed E-state index contributed by atoms with van der Waals surface area (Å²) in [7, 11) is -3.89. The summed E-state index contributed by atoms with van der Waals surface area (Å²) in [6.07, 6.45) is -2.91. The van der Waals surface area contributed by atoms with Gasteiger partial charge in [0.1, 0.15) is 11.6 Å². The van der Waals surface area contributed by atoms with Crippen molar-refractivity contribution in [3.63, 3.8) is 0 Å². The third-order valence-corrected chi connectivity index (χ3v) is 6.65. The van der Waals surface area contributed by atoms with Crippen molar-refractivity contribution < 1.29 is 35.9 Å². The summed E-state index contributed by atoms with van der Waals surface area (Å²) < 4.78 is 72.8. The smallest absolute Gasteiger partial charge is 0.462 e. The van der Waals surface area contributed by atoms with Crippen LogP contribution in [-0.4, -0.2) is 62.8 Å². The van der Waals surface area contributed by atoms with Crippen molar-refractivity contribution in [2.24, 2.45) is 0 Å². The van der Waals surface area contributed by atoms with Gasteiger partial charge in [0.15, 0.2) is 0 Å². The number of esters is 1. The van der Waals surface area contributed by atoms with Gasteiger partial charge < -0.3 is 14.4 Å². The lowest BCUT2D eigenvalue weighted by atomic mass is 10.2. The Morgan fingerprint density at radius 3 is 2.38 bits per heavy atom. The fourth-order valence-electron chi connectivity index (χ4n) is 3.23. The van der Waals surface area contributed by atoms with Crippen LogP contribution in [0.5, 0.6) is 5.75 Å². The largest absolute Gasteiger partial charge is 0.573 e. The van der Waals surface area contributed by atoms with Crippen molar-refractivity contribution >= 4 is 21.8 Å². The third kappa shape index (κ3) is 5.88. The summed E-state index contributed by atoms with van der Waals surface area (Å²) in [5.41, 5.74) is 0.326. The van der Waals surface area contributed by atoms with Gasteiger partial charge in [-0.3, -0.25) is 0 Å². The molecule has 0 amide bonds. The molecule has 0 aliphatic carbocycles. The number of hydrogen-bond donors (Lipinski definition) is 0. The van der Waals surface area contributed by atoms with Gasteiger partial charge in [-0.05, 0) is 49.7 Å². The summed E-state index contributed by atoms with van der Waals surface area (Å²) >= 11 is 0. The lowest BCUT2D eigenvalue weighted by Crippen LogP contribution is -2.35. The second kappa shape index (κ2) is 9.74. The number of benzene rings is 1. The highest BCUT2D eigenvalue weighted by molar-refractivity contribution is 7.89. The molecule has 0 unspecified atom stereocenters. The van der Waals surface area contributed by atoms with E-state index in [0.29, 0.717) is 30.9 Å². The van der Waals surface area contributed by atoms with Crippen LogP contribution in [0.4, 0.5) is 19.0 Å². The van der Waals surface area contributed by atoms with E-state index in [9.17, 15) is 26.4 Å². The summed E-state index contributed by atoms with van der Waals surface area (Å²) in [6.45, 7) is 3.30. The number of carbonyl (C=O) groups excluding carboxylic acids is 1. The van der Waals surface area contributed by atoms with Gasteiger partial charge in [-0.25, -0.2) is 18.2 Å². The van der Waals surface area contributed by atoms with E-state index in [1.54, 1.807) is 19.1 Å². The molecule has 0 spiro atoms. The number of aromatic nitrogens is 1. The number of sulfonamides is 1. The number of carbonyl (C=O) groups is 1. The molecule has 174 valence electrons. The molecule has 2 aromatic rings. The molecule has 3 rings (SSSR count). The van der Waals surface area contributed by atoms with Crippen molar-refractivity contribution in [2.45, 2.75) is 24.6 Å². The third-order valence-electron chi connectivity index (χ3n) is 4.73.